The van der Waals surface area contributed by atoms with Crippen LogP contribution in [0.5, 0.6) is 0 Å². The van der Waals surface area contributed by atoms with E-state index in [-0.39, 0.29) is 29.6 Å². The fraction of sp³-hybridized carbons (Fsp3) is 0.706. The van der Waals surface area contributed by atoms with Crippen LogP contribution in [0.3, 0.4) is 0 Å². The van der Waals surface area contributed by atoms with Gasteiger partial charge < -0.3 is 15.0 Å². The van der Waals surface area contributed by atoms with Gasteiger partial charge in [-0.3, -0.25) is 19.6 Å². The Labute approximate surface area is 157 Å². The predicted octanol–water partition coefficient (Wildman–Crippen LogP) is 2.26. The first-order valence-corrected chi connectivity index (χ1v) is 9.16. The van der Waals surface area contributed by atoms with Crippen molar-refractivity contribution in [2.45, 2.75) is 64.1 Å². The molecule has 10 nitrogen and oxygen atoms in total. The lowest BCUT2D eigenvalue weighted by Gasteiger charge is -2.33. The molecule has 1 saturated carbocycles. The number of nitro groups is 1. The van der Waals surface area contributed by atoms with Crippen LogP contribution in [0.15, 0.2) is 6.20 Å². The summed E-state index contributed by atoms with van der Waals surface area (Å²) in [5.74, 6) is -0.505. The summed E-state index contributed by atoms with van der Waals surface area (Å²) in [6.07, 6.45) is 3.91. The second-order valence-electron chi connectivity index (χ2n) is 8.05. The monoisotopic (exact) mass is 379 g/mol. The molecule has 10 heteroatoms. The smallest absolute Gasteiger partial charge is 0.410 e. The normalized spacial score (nSPS) is 18.3. The molecule has 1 aromatic heterocycles. The summed E-state index contributed by atoms with van der Waals surface area (Å²) in [5, 5.41) is 18.2. The highest BCUT2D eigenvalue weighted by Gasteiger charge is 2.33. The number of ether oxygens (including phenoxy) is 1. The summed E-state index contributed by atoms with van der Waals surface area (Å²) in [6, 6.07) is -0.0100. The van der Waals surface area contributed by atoms with Crippen molar-refractivity contribution in [3.8, 4) is 0 Å². The van der Waals surface area contributed by atoms with Crippen LogP contribution in [0, 0.1) is 10.1 Å². The molecule has 1 aliphatic heterocycles. The molecule has 1 saturated heterocycles. The Hall–Kier alpha value is -2.65. The fourth-order valence-electron chi connectivity index (χ4n) is 2.99. The van der Waals surface area contributed by atoms with Crippen LogP contribution in [-0.2, 0) is 4.74 Å². The number of hydrogen-bond donors (Lipinski definition) is 1. The van der Waals surface area contributed by atoms with Crippen LogP contribution in [0.4, 0.5) is 10.5 Å². The molecule has 148 valence electrons. The number of nitrogens with one attached hydrogen (secondary N) is 1. The van der Waals surface area contributed by atoms with Crippen molar-refractivity contribution < 1.29 is 19.2 Å². The first kappa shape index (κ1) is 19.1. The second kappa shape index (κ2) is 7.16. The lowest BCUT2D eigenvalue weighted by Crippen LogP contribution is -2.42. The van der Waals surface area contributed by atoms with Gasteiger partial charge in [-0.15, -0.1) is 0 Å². The zero-order chi connectivity index (χ0) is 19.8. The van der Waals surface area contributed by atoms with E-state index in [4.69, 9.17) is 4.74 Å². The highest BCUT2D eigenvalue weighted by Crippen LogP contribution is 2.27. The number of rotatable bonds is 4. The van der Waals surface area contributed by atoms with E-state index in [1.165, 1.54) is 10.9 Å². The molecule has 1 aromatic rings. The Kier molecular flexibility index (Phi) is 5.07. The highest BCUT2D eigenvalue weighted by molar-refractivity contribution is 5.96. The molecule has 1 N–H and O–H groups in total. The number of carbonyl (C=O) groups is 2. The summed E-state index contributed by atoms with van der Waals surface area (Å²) in [6.45, 7) is 6.38. The van der Waals surface area contributed by atoms with Gasteiger partial charge in [0.1, 0.15) is 11.8 Å². The van der Waals surface area contributed by atoms with Gasteiger partial charge in [0.2, 0.25) is 5.69 Å². The van der Waals surface area contributed by atoms with E-state index in [1.54, 1.807) is 4.90 Å². The van der Waals surface area contributed by atoms with Crippen LogP contribution in [-0.4, -0.2) is 56.3 Å². The van der Waals surface area contributed by atoms with Crippen molar-refractivity contribution in [1.82, 2.24) is 20.0 Å². The van der Waals surface area contributed by atoms with E-state index in [2.05, 4.69) is 10.4 Å². The number of piperidine rings is 1. The van der Waals surface area contributed by atoms with Crippen molar-refractivity contribution in [2.75, 3.05) is 13.1 Å². The number of hydrogen-bond acceptors (Lipinski definition) is 6. The van der Waals surface area contributed by atoms with Gasteiger partial charge in [-0.1, -0.05) is 0 Å². The standard InChI is InChI=1S/C17H25N5O5/c1-17(2,3)27-16(24)20-8-6-12(7-9-20)21-10-13(22(25)26)14(19-21)15(23)18-11-4-5-11/h10-12H,4-9H2,1-3H3,(H,18,23). The first-order valence-electron chi connectivity index (χ1n) is 9.16. The average Bonchev–Trinajstić information content (AvgIpc) is 3.27. The van der Waals surface area contributed by atoms with Crippen molar-refractivity contribution in [3.63, 3.8) is 0 Å². The van der Waals surface area contributed by atoms with Crippen molar-refractivity contribution in [3.05, 3.63) is 22.0 Å². The minimum Gasteiger partial charge on any atom is -0.444 e. The summed E-state index contributed by atoms with van der Waals surface area (Å²) in [5.41, 5.74) is -0.996. The molecule has 0 spiro atoms. The van der Waals surface area contributed by atoms with Crippen LogP contribution in [0.1, 0.15) is 63.0 Å². The zero-order valence-corrected chi connectivity index (χ0v) is 15.8. The van der Waals surface area contributed by atoms with Gasteiger partial charge in [-0.05, 0) is 46.5 Å². The summed E-state index contributed by atoms with van der Waals surface area (Å²) in [7, 11) is 0. The largest absolute Gasteiger partial charge is 0.444 e. The Morgan fingerprint density at radius 2 is 1.89 bits per heavy atom. The van der Waals surface area contributed by atoms with Gasteiger partial charge in [0.25, 0.3) is 5.91 Å². The third-order valence-corrected chi connectivity index (χ3v) is 4.53. The van der Waals surface area contributed by atoms with E-state index in [1.807, 2.05) is 20.8 Å². The minimum absolute atomic E-state index is 0.0966. The maximum Gasteiger partial charge on any atom is 0.410 e. The van der Waals surface area contributed by atoms with E-state index in [9.17, 15) is 19.7 Å². The molecule has 2 heterocycles. The van der Waals surface area contributed by atoms with Crippen LogP contribution >= 0.6 is 0 Å². The topological polar surface area (TPSA) is 120 Å². The molecule has 3 rings (SSSR count). The fourth-order valence-corrected chi connectivity index (χ4v) is 2.99. The molecule has 0 bridgehead atoms. The lowest BCUT2D eigenvalue weighted by molar-refractivity contribution is -0.385. The molecular weight excluding hydrogens is 354 g/mol. The zero-order valence-electron chi connectivity index (χ0n) is 15.8. The molecule has 2 fully saturated rings. The Balaban J connectivity index is 1.66. The van der Waals surface area contributed by atoms with Gasteiger partial charge in [0.15, 0.2) is 0 Å². The van der Waals surface area contributed by atoms with Crippen LogP contribution in [0.2, 0.25) is 0 Å². The lowest BCUT2D eigenvalue weighted by atomic mass is 10.1. The quantitative estimate of drug-likeness (QED) is 0.633. The third-order valence-electron chi connectivity index (χ3n) is 4.53. The van der Waals surface area contributed by atoms with Crippen molar-refractivity contribution >= 4 is 17.7 Å². The van der Waals surface area contributed by atoms with Gasteiger partial charge in [0, 0.05) is 19.1 Å². The van der Waals surface area contributed by atoms with Gasteiger partial charge in [0.05, 0.1) is 11.0 Å². The van der Waals surface area contributed by atoms with Crippen LogP contribution < -0.4 is 5.32 Å². The number of nitrogens with zero attached hydrogens (tertiary/aromatic N) is 4. The number of likely N-dealkylation sites (tertiary alicyclic amines) is 1. The van der Waals surface area contributed by atoms with E-state index < -0.39 is 16.4 Å². The molecule has 2 aliphatic rings. The minimum atomic E-state index is -0.582. The maximum atomic E-state index is 12.2. The van der Waals surface area contributed by atoms with Crippen LogP contribution in [0.25, 0.3) is 0 Å². The molecule has 27 heavy (non-hydrogen) atoms. The van der Waals surface area contributed by atoms with Gasteiger partial charge in [-0.25, -0.2) is 4.79 Å². The molecule has 0 aromatic carbocycles. The predicted molar refractivity (Wildman–Crippen MR) is 95.4 cm³/mol. The molecular formula is C17H25N5O5. The van der Waals surface area contributed by atoms with E-state index in [0.29, 0.717) is 25.9 Å². The van der Waals surface area contributed by atoms with E-state index >= 15 is 0 Å². The summed E-state index contributed by atoms with van der Waals surface area (Å²) >= 11 is 0. The third kappa shape index (κ3) is 4.75. The SMILES string of the molecule is CC(C)(C)OC(=O)N1CCC(n2cc([N+](=O)[O-])c(C(=O)NC3CC3)n2)CC1. The molecule has 0 unspecified atom stereocenters. The average molecular weight is 379 g/mol. The highest BCUT2D eigenvalue weighted by atomic mass is 16.6. The summed E-state index contributed by atoms with van der Waals surface area (Å²) < 4.78 is 6.86. The Bertz CT molecular complexity index is 741. The van der Waals surface area contributed by atoms with Crippen molar-refractivity contribution in [1.29, 1.82) is 0 Å². The molecule has 2 amide bonds. The first-order chi connectivity index (χ1) is 12.6. The number of aromatic nitrogens is 2. The second-order valence-corrected chi connectivity index (χ2v) is 8.05. The molecule has 0 radical (unpaired) electrons. The Morgan fingerprint density at radius 1 is 1.26 bits per heavy atom. The van der Waals surface area contributed by atoms with Crippen molar-refractivity contribution in [2.24, 2.45) is 0 Å². The number of amides is 2. The van der Waals surface area contributed by atoms with E-state index in [0.717, 1.165) is 12.8 Å². The Morgan fingerprint density at radius 3 is 2.41 bits per heavy atom. The number of carbonyl (C=O) groups excluding carboxylic acids is 2. The molecule has 0 atom stereocenters. The van der Waals surface area contributed by atoms with Gasteiger partial charge in [-0.2, -0.15) is 5.10 Å². The summed E-state index contributed by atoms with van der Waals surface area (Å²) in [4.78, 5) is 36.7. The molecule has 1 aliphatic carbocycles. The maximum absolute atomic E-state index is 12.2. The van der Waals surface area contributed by atoms with Gasteiger partial charge >= 0.3 is 11.8 Å².